The lowest BCUT2D eigenvalue weighted by molar-refractivity contribution is 0.356. The summed E-state index contributed by atoms with van der Waals surface area (Å²) in [5, 5.41) is 9.84. The molecule has 114 valence electrons. The van der Waals surface area contributed by atoms with E-state index in [0.717, 1.165) is 48.1 Å². The molecule has 0 saturated carbocycles. The van der Waals surface area contributed by atoms with Crippen LogP contribution in [0.3, 0.4) is 0 Å². The van der Waals surface area contributed by atoms with Crippen LogP contribution in [0.4, 0.5) is 0 Å². The van der Waals surface area contributed by atoms with E-state index in [1.54, 1.807) is 17.7 Å². The average molecular weight is 315 g/mol. The zero-order chi connectivity index (χ0) is 14.9. The van der Waals surface area contributed by atoms with Crippen molar-refractivity contribution in [3.05, 3.63) is 41.1 Å². The third-order valence-electron chi connectivity index (χ3n) is 3.99. The Kier molecular flexibility index (Phi) is 3.51. The molecule has 22 heavy (non-hydrogen) atoms. The highest BCUT2D eigenvalue weighted by Gasteiger charge is 2.20. The van der Waals surface area contributed by atoms with Gasteiger partial charge in [0.2, 0.25) is 5.89 Å². The van der Waals surface area contributed by atoms with Gasteiger partial charge in [-0.15, -0.1) is 11.3 Å². The molecule has 4 rings (SSSR count). The molecule has 0 spiro atoms. The minimum Gasteiger partial charge on any atom is -0.440 e. The molecule has 3 aromatic heterocycles. The number of oxazole rings is 1. The van der Waals surface area contributed by atoms with Crippen LogP contribution in [0.5, 0.6) is 0 Å². The van der Waals surface area contributed by atoms with E-state index in [-0.39, 0.29) is 0 Å². The fourth-order valence-electron chi connectivity index (χ4n) is 2.74. The summed E-state index contributed by atoms with van der Waals surface area (Å²) in [5.74, 6) is 2.68. The number of nitrogens with one attached hydrogen (secondary N) is 1. The SMILES string of the molecule is Cc1oc(-c2cccs2)nc1CNC1CCc2ncnn2C1. The first-order valence-electron chi connectivity index (χ1n) is 7.40. The first-order valence-corrected chi connectivity index (χ1v) is 8.28. The molecule has 0 fully saturated rings. The normalized spacial score (nSPS) is 17.6. The number of aryl methyl sites for hydroxylation is 2. The summed E-state index contributed by atoms with van der Waals surface area (Å²) < 4.78 is 7.75. The van der Waals surface area contributed by atoms with Crippen LogP contribution in [0.15, 0.2) is 28.3 Å². The maximum atomic E-state index is 5.77. The van der Waals surface area contributed by atoms with Crippen molar-refractivity contribution in [3.8, 4) is 10.8 Å². The summed E-state index contributed by atoms with van der Waals surface area (Å²) in [7, 11) is 0. The molecule has 0 bridgehead atoms. The third-order valence-corrected chi connectivity index (χ3v) is 4.85. The lowest BCUT2D eigenvalue weighted by Crippen LogP contribution is -2.37. The molecule has 0 aliphatic carbocycles. The minimum atomic E-state index is 0.399. The summed E-state index contributed by atoms with van der Waals surface area (Å²) in [6.45, 7) is 3.55. The van der Waals surface area contributed by atoms with Gasteiger partial charge in [0.05, 0.1) is 17.1 Å². The number of rotatable bonds is 4. The predicted octanol–water partition coefficient (Wildman–Crippen LogP) is 2.41. The molecule has 6 nitrogen and oxygen atoms in total. The van der Waals surface area contributed by atoms with Crippen molar-refractivity contribution < 1.29 is 4.42 Å². The van der Waals surface area contributed by atoms with Crippen LogP contribution < -0.4 is 5.32 Å². The van der Waals surface area contributed by atoms with Crippen molar-refractivity contribution in [3.63, 3.8) is 0 Å². The predicted molar refractivity (Wildman–Crippen MR) is 83.5 cm³/mol. The molecule has 0 aromatic carbocycles. The summed E-state index contributed by atoms with van der Waals surface area (Å²) in [6.07, 6.45) is 3.68. The van der Waals surface area contributed by atoms with Gasteiger partial charge >= 0.3 is 0 Å². The molecule has 0 saturated heterocycles. The van der Waals surface area contributed by atoms with Gasteiger partial charge in [-0.25, -0.2) is 14.6 Å². The summed E-state index contributed by atoms with van der Waals surface area (Å²) in [6, 6.07) is 4.44. The van der Waals surface area contributed by atoms with Crippen LogP contribution >= 0.6 is 11.3 Å². The van der Waals surface area contributed by atoms with Crippen LogP contribution in [0.2, 0.25) is 0 Å². The Hall–Kier alpha value is -1.99. The molecule has 0 radical (unpaired) electrons. The van der Waals surface area contributed by atoms with Crippen LogP contribution in [0.25, 0.3) is 10.8 Å². The first-order chi connectivity index (χ1) is 10.8. The Morgan fingerprint density at radius 1 is 1.50 bits per heavy atom. The van der Waals surface area contributed by atoms with Gasteiger partial charge in [-0.3, -0.25) is 0 Å². The molecule has 1 aliphatic rings. The fourth-order valence-corrected chi connectivity index (χ4v) is 3.39. The number of thiophene rings is 1. The number of nitrogens with zero attached hydrogens (tertiary/aromatic N) is 4. The molecule has 4 heterocycles. The van der Waals surface area contributed by atoms with E-state index in [9.17, 15) is 0 Å². The second kappa shape index (κ2) is 5.66. The molecular weight excluding hydrogens is 298 g/mol. The highest BCUT2D eigenvalue weighted by Crippen LogP contribution is 2.26. The van der Waals surface area contributed by atoms with Crippen LogP contribution in [-0.4, -0.2) is 25.8 Å². The van der Waals surface area contributed by atoms with Crippen molar-refractivity contribution in [1.29, 1.82) is 0 Å². The zero-order valence-corrected chi connectivity index (χ0v) is 13.1. The highest BCUT2D eigenvalue weighted by molar-refractivity contribution is 7.13. The van der Waals surface area contributed by atoms with Gasteiger partial charge in [0.1, 0.15) is 17.9 Å². The van der Waals surface area contributed by atoms with E-state index >= 15 is 0 Å². The van der Waals surface area contributed by atoms with E-state index in [1.165, 1.54) is 0 Å². The number of fused-ring (bicyclic) bond motifs is 1. The Balaban J connectivity index is 1.42. The molecule has 1 aliphatic heterocycles. The van der Waals surface area contributed by atoms with Crippen molar-refractivity contribution in [1.82, 2.24) is 25.1 Å². The van der Waals surface area contributed by atoms with Gasteiger partial charge in [-0.05, 0) is 24.8 Å². The maximum Gasteiger partial charge on any atom is 0.236 e. The van der Waals surface area contributed by atoms with Crippen LogP contribution in [0.1, 0.15) is 23.7 Å². The lowest BCUT2D eigenvalue weighted by atomic mass is 10.1. The van der Waals surface area contributed by atoms with E-state index in [4.69, 9.17) is 4.42 Å². The van der Waals surface area contributed by atoms with Crippen molar-refractivity contribution in [2.75, 3.05) is 0 Å². The van der Waals surface area contributed by atoms with Gasteiger partial charge in [0, 0.05) is 19.0 Å². The fraction of sp³-hybridized carbons (Fsp3) is 0.400. The Labute approximate surface area is 132 Å². The van der Waals surface area contributed by atoms with Gasteiger partial charge in [0.25, 0.3) is 0 Å². The summed E-state index contributed by atoms with van der Waals surface area (Å²) in [5.41, 5.74) is 0.979. The molecule has 1 atom stereocenters. The molecule has 1 N–H and O–H groups in total. The number of hydrogen-bond donors (Lipinski definition) is 1. The van der Waals surface area contributed by atoms with E-state index in [2.05, 4.69) is 20.4 Å². The Bertz CT molecular complexity index is 761. The highest BCUT2D eigenvalue weighted by atomic mass is 32.1. The second-order valence-electron chi connectivity index (χ2n) is 5.47. The topological polar surface area (TPSA) is 68.8 Å². The van der Waals surface area contributed by atoms with Gasteiger partial charge in [0.15, 0.2) is 0 Å². The first kappa shape index (κ1) is 13.7. The summed E-state index contributed by atoms with van der Waals surface area (Å²) >= 11 is 1.64. The smallest absolute Gasteiger partial charge is 0.236 e. The Morgan fingerprint density at radius 2 is 2.45 bits per heavy atom. The average Bonchev–Trinajstić information content (AvgIpc) is 3.25. The van der Waals surface area contributed by atoms with Crippen LogP contribution in [0, 0.1) is 6.92 Å². The largest absolute Gasteiger partial charge is 0.440 e. The van der Waals surface area contributed by atoms with Gasteiger partial charge < -0.3 is 9.73 Å². The van der Waals surface area contributed by atoms with E-state index in [0.29, 0.717) is 11.9 Å². The van der Waals surface area contributed by atoms with E-state index in [1.807, 2.05) is 29.1 Å². The quantitative estimate of drug-likeness (QED) is 0.800. The molecule has 1 unspecified atom stereocenters. The standard InChI is InChI=1S/C15H17N5OS/c1-10-12(19-15(21-10)13-3-2-6-22-13)7-16-11-4-5-14-17-9-18-20(14)8-11/h2-3,6,9,11,16H,4-5,7-8H2,1H3. The third kappa shape index (κ3) is 2.57. The number of aromatic nitrogens is 4. The van der Waals surface area contributed by atoms with Crippen LogP contribution in [-0.2, 0) is 19.5 Å². The monoisotopic (exact) mass is 315 g/mol. The van der Waals surface area contributed by atoms with Gasteiger partial charge in [-0.2, -0.15) is 5.10 Å². The second-order valence-corrected chi connectivity index (χ2v) is 6.42. The minimum absolute atomic E-state index is 0.399. The zero-order valence-electron chi connectivity index (χ0n) is 12.3. The van der Waals surface area contributed by atoms with E-state index < -0.39 is 0 Å². The lowest BCUT2D eigenvalue weighted by Gasteiger charge is -2.23. The van der Waals surface area contributed by atoms with Crippen molar-refractivity contribution >= 4 is 11.3 Å². The number of hydrogen-bond acceptors (Lipinski definition) is 6. The maximum absolute atomic E-state index is 5.77. The molecular formula is C15H17N5OS. The molecule has 0 amide bonds. The van der Waals surface area contributed by atoms with Gasteiger partial charge in [-0.1, -0.05) is 6.07 Å². The Morgan fingerprint density at radius 3 is 3.32 bits per heavy atom. The summed E-state index contributed by atoms with van der Waals surface area (Å²) in [4.78, 5) is 9.94. The molecule has 3 aromatic rings. The van der Waals surface area contributed by atoms with Crippen molar-refractivity contribution in [2.24, 2.45) is 0 Å². The molecule has 7 heteroatoms. The van der Waals surface area contributed by atoms with Crippen molar-refractivity contribution in [2.45, 2.75) is 38.9 Å².